The van der Waals surface area contributed by atoms with Gasteiger partial charge in [-0.15, -0.1) is 0 Å². The topological polar surface area (TPSA) is 46.2 Å². The van der Waals surface area contributed by atoms with Crippen LogP contribution < -0.4 is 15.4 Å². The van der Waals surface area contributed by atoms with Gasteiger partial charge in [-0.05, 0) is 66.9 Å². The molecule has 1 atom stereocenters. The molecule has 5 heteroatoms. The lowest BCUT2D eigenvalue weighted by molar-refractivity contribution is 0.414. The van der Waals surface area contributed by atoms with Crippen molar-refractivity contribution in [1.82, 2.24) is 10.3 Å². The van der Waals surface area contributed by atoms with Gasteiger partial charge in [0, 0.05) is 6.20 Å². The minimum absolute atomic E-state index is 0.140. The molecule has 1 heterocycles. The number of benzene rings is 1. The highest BCUT2D eigenvalue weighted by Gasteiger charge is 2.15. The van der Waals surface area contributed by atoms with Crippen molar-refractivity contribution in [3.05, 3.63) is 53.7 Å². The first-order chi connectivity index (χ1) is 11.5. The van der Waals surface area contributed by atoms with Crippen molar-refractivity contribution in [2.45, 2.75) is 33.2 Å². The molecule has 0 unspecified atom stereocenters. The van der Waals surface area contributed by atoms with E-state index in [9.17, 15) is 0 Å². The summed E-state index contributed by atoms with van der Waals surface area (Å²) in [5.74, 6) is 2.15. The minimum atomic E-state index is 0.140. The summed E-state index contributed by atoms with van der Waals surface area (Å²) in [4.78, 5) is 4.29. The number of nitrogens with one attached hydrogen (secondary N) is 2. The molecule has 0 saturated heterocycles. The predicted molar refractivity (Wildman–Crippen MR) is 104 cm³/mol. The number of nitrogens with zero attached hydrogens (tertiary/aromatic N) is 1. The zero-order valence-electron chi connectivity index (χ0n) is 14.7. The molecule has 0 bridgehead atoms. The SMILES string of the molecule is COc1ccc([C@@H](CC(C)C)NC(=S)Nc2cc(C)ccn2)cc1. The Morgan fingerprint density at radius 3 is 2.50 bits per heavy atom. The van der Waals surface area contributed by atoms with Crippen LogP contribution in [0.4, 0.5) is 5.82 Å². The molecule has 0 spiro atoms. The highest BCUT2D eigenvalue weighted by atomic mass is 32.1. The molecule has 0 saturated carbocycles. The number of ether oxygens (including phenoxy) is 1. The first-order valence-corrected chi connectivity index (χ1v) is 8.53. The number of hydrogen-bond donors (Lipinski definition) is 2. The van der Waals surface area contributed by atoms with Crippen LogP contribution in [0.25, 0.3) is 0 Å². The molecule has 2 rings (SSSR count). The van der Waals surface area contributed by atoms with Crippen molar-refractivity contribution in [2.75, 3.05) is 12.4 Å². The van der Waals surface area contributed by atoms with Gasteiger partial charge in [-0.2, -0.15) is 0 Å². The van der Waals surface area contributed by atoms with E-state index in [-0.39, 0.29) is 6.04 Å². The summed E-state index contributed by atoms with van der Waals surface area (Å²) in [5.41, 5.74) is 2.33. The van der Waals surface area contributed by atoms with E-state index < -0.39 is 0 Å². The second kappa shape index (κ2) is 8.64. The van der Waals surface area contributed by atoms with E-state index in [0.717, 1.165) is 23.6 Å². The molecule has 0 amide bonds. The van der Waals surface area contributed by atoms with Crippen molar-refractivity contribution in [3.8, 4) is 5.75 Å². The Bertz CT molecular complexity index is 671. The number of thiocarbonyl (C=S) groups is 1. The molecule has 2 N–H and O–H groups in total. The smallest absolute Gasteiger partial charge is 0.172 e. The van der Waals surface area contributed by atoms with E-state index in [0.29, 0.717) is 11.0 Å². The molecule has 2 aromatic rings. The zero-order valence-corrected chi connectivity index (χ0v) is 15.5. The Balaban J connectivity index is 2.08. The fraction of sp³-hybridized carbons (Fsp3) is 0.368. The summed E-state index contributed by atoms with van der Waals surface area (Å²) >= 11 is 5.47. The van der Waals surface area contributed by atoms with E-state index in [1.807, 2.05) is 31.2 Å². The van der Waals surface area contributed by atoms with Crippen molar-refractivity contribution < 1.29 is 4.74 Å². The van der Waals surface area contributed by atoms with Gasteiger partial charge in [0.2, 0.25) is 0 Å². The Labute approximate surface area is 149 Å². The van der Waals surface area contributed by atoms with E-state index in [4.69, 9.17) is 17.0 Å². The van der Waals surface area contributed by atoms with Crippen molar-refractivity contribution >= 4 is 23.1 Å². The van der Waals surface area contributed by atoms with E-state index in [1.54, 1.807) is 13.3 Å². The average molecular weight is 343 g/mol. The second-order valence-corrected chi connectivity index (χ2v) is 6.68. The van der Waals surface area contributed by atoms with Crippen LogP contribution in [0.15, 0.2) is 42.6 Å². The summed E-state index contributed by atoms with van der Waals surface area (Å²) < 4.78 is 5.23. The van der Waals surface area contributed by atoms with Crippen LogP contribution in [0, 0.1) is 12.8 Å². The molecule has 128 valence electrons. The molecular formula is C19H25N3OS. The van der Waals surface area contributed by atoms with Crippen LogP contribution in [0.1, 0.15) is 37.4 Å². The standard InChI is InChI=1S/C19H25N3OS/c1-13(2)11-17(15-5-7-16(23-4)8-6-15)21-19(24)22-18-12-14(3)9-10-20-18/h5-10,12-13,17H,11H2,1-4H3,(H2,20,21,22,24)/t17-/m1/s1. The average Bonchev–Trinajstić information content (AvgIpc) is 2.54. The minimum Gasteiger partial charge on any atom is -0.497 e. The first-order valence-electron chi connectivity index (χ1n) is 8.12. The van der Waals surface area contributed by atoms with Crippen molar-refractivity contribution in [2.24, 2.45) is 5.92 Å². The third kappa shape index (κ3) is 5.49. The van der Waals surface area contributed by atoms with Gasteiger partial charge in [0.05, 0.1) is 13.2 Å². The molecule has 4 nitrogen and oxygen atoms in total. The van der Waals surface area contributed by atoms with Gasteiger partial charge in [0.25, 0.3) is 0 Å². The highest BCUT2D eigenvalue weighted by Crippen LogP contribution is 2.23. The third-order valence-corrected chi connectivity index (χ3v) is 3.91. The molecule has 24 heavy (non-hydrogen) atoms. The largest absolute Gasteiger partial charge is 0.497 e. The van der Waals surface area contributed by atoms with Gasteiger partial charge in [-0.3, -0.25) is 0 Å². The Morgan fingerprint density at radius 2 is 1.92 bits per heavy atom. The molecule has 1 aromatic carbocycles. The van der Waals surface area contributed by atoms with Crippen LogP contribution in [0.3, 0.4) is 0 Å². The lowest BCUT2D eigenvalue weighted by Gasteiger charge is -2.23. The van der Waals surface area contributed by atoms with Crippen LogP contribution in [0.5, 0.6) is 5.75 Å². The van der Waals surface area contributed by atoms with Crippen molar-refractivity contribution in [1.29, 1.82) is 0 Å². The normalized spacial score (nSPS) is 11.9. The number of anilines is 1. The Morgan fingerprint density at radius 1 is 1.21 bits per heavy atom. The third-order valence-electron chi connectivity index (χ3n) is 3.69. The van der Waals surface area contributed by atoms with E-state index in [2.05, 4.69) is 41.6 Å². The molecule has 0 aliphatic heterocycles. The number of hydrogen-bond acceptors (Lipinski definition) is 3. The molecule has 0 radical (unpaired) electrons. The van der Waals surface area contributed by atoms with Crippen LogP contribution in [-0.2, 0) is 0 Å². The fourth-order valence-electron chi connectivity index (χ4n) is 2.50. The summed E-state index contributed by atoms with van der Waals surface area (Å²) in [7, 11) is 1.67. The fourth-order valence-corrected chi connectivity index (χ4v) is 2.75. The summed E-state index contributed by atoms with van der Waals surface area (Å²) in [6.07, 6.45) is 2.75. The van der Waals surface area contributed by atoms with Crippen LogP contribution in [0.2, 0.25) is 0 Å². The van der Waals surface area contributed by atoms with Gasteiger partial charge in [-0.25, -0.2) is 4.98 Å². The summed E-state index contributed by atoms with van der Waals surface area (Å²) in [6.45, 7) is 6.44. The zero-order chi connectivity index (χ0) is 17.5. The highest BCUT2D eigenvalue weighted by molar-refractivity contribution is 7.80. The quantitative estimate of drug-likeness (QED) is 0.758. The number of aromatic nitrogens is 1. The molecule has 0 fully saturated rings. The van der Waals surface area contributed by atoms with Gasteiger partial charge in [-0.1, -0.05) is 26.0 Å². The number of methoxy groups -OCH3 is 1. The number of aryl methyl sites for hydroxylation is 1. The monoisotopic (exact) mass is 343 g/mol. The summed E-state index contributed by atoms with van der Waals surface area (Å²) in [5, 5.41) is 7.15. The van der Waals surface area contributed by atoms with Gasteiger partial charge in [0.1, 0.15) is 11.6 Å². The molecule has 1 aromatic heterocycles. The maximum Gasteiger partial charge on any atom is 0.172 e. The maximum absolute atomic E-state index is 5.47. The summed E-state index contributed by atoms with van der Waals surface area (Å²) in [6, 6.07) is 12.2. The first kappa shape index (κ1) is 18.2. The lowest BCUT2D eigenvalue weighted by Crippen LogP contribution is -2.33. The lowest BCUT2D eigenvalue weighted by atomic mass is 9.97. The molecular weight excluding hydrogens is 318 g/mol. The Hall–Kier alpha value is -2.14. The second-order valence-electron chi connectivity index (χ2n) is 6.27. The Kier molecular flexibility index (Phi) is 6.55. The number of pyridine rings is 1. The van der Waals surface area contributed by atoms with Gasteiger partial charge < -0.3 is 15.4 Å². The van der Waals surface area contributed by atoms with Gasteiger partial charge >= 0.3 is 0 Å². The molecule has 0 aliphatic rings. The van der Waals surface area contributed by atoms with E-state index >= 15 is 0 Å². The van der Waals surface area contributed by atoms with Crippen molar-refractivity contribution in [3.63, 3.8) is 0 Å². The van der Waals surface area contributed by atoms with E-state index in [1.165, 1.54) is 5.56 Å². The van der Waals surface area contributed by atoms with Gasteiger partial charge in [0.15, 0.2) is 5.11 Å². The maximum atomic E-state index is 5.47. The number of rotatable bonds is 6. The predicted octanol–water partition coefficient (Wildman–Crippen LogP) is 4.47. The molecule has 0 aliphatic carbocycles. The van der Waals surface area contributed by atoms with Crippen LogP contribution in [-0.4, -0.2) is 17.2 Å². The van der Waals surface area contributed by atoms with Crippen LogP contribution >= 0.6 is 12.2 Å².